The molecule has 27 heavy (non-hydrogen) atoms. The number of nitrogens with one attached hydrogen (secondary N) is 1. The van der Waals surface area contributed by atoms with Crippen LogP contribution in [0.25, 0.3) is 0 Å². The van der Waals surface area contributed by atoms with Gasteiger partial charge in [0.15, 0.2) is 0 Å². The predicted molar refractivity (Wildman–Crippen MR) is 110 cm³/mol. The number of amides is 1. The molecule has 2 heterocycles. The number of nitrogens with zero attached hydrogens (tertiary/aromatic N) is 4. The molecule has 1 amide bonds. The van der Waals surface area contributed by atoms with Crippen molar-refractivity contribution in [2.75, 3.05) is 55.4 Å². The highest BCUT2D eigenvalue weighted by Gasteiger charge is 2.31. The summed E-state index contributed by atoms with van der Waals surface area (Å²) >= 11 is 0. The summed E-state index contributed by atoms with van der Waals surface area (Å²) < 4.78 is 0. The van der Waals surface area contributed by atoms with Crippen LogP contribution >= 0.6 is 0 Å². The lowest BCUT2D eigenvalue weighted by Gasteiger charge is -2.36. The van der Waals surface area contributed by atoms with Gasteiger partial charge in [0.1, 0.15) is 5.82 Å². The summed E-state index contributed by atoms with van der Waals surface area (Å²) in [5.41, 5.74) is 2.59. The third kappa shape index (κ3) is 4.06. The SMILES string of the molecule is CN(C)c1ncccc1C(=O)Nc1ccc(N2CCN(C3CC3)CC2)cc1. The Labute approximate surface area is 160 Å². The lowest BCUT2D eigenvalue weighted by atomic mass is 10.2. The van der Waals surface area contributed by atoms with E-state index in [0.29, 0.717) is 11.4 Å². The first-order valence-electron chi connectivity index (χ1n) is 9.64. The molecule has 6 nitrogen and oxygen atoms in total. The van der Waals surface area contributed by atoms with E-state index in [1.54, 1.807) is 18.3 Å². The lowest BCUT2D eigenvalue weighted by Crippen LogP contribution is -2.47. The first-order chi connectivity index (χ1) is 13.1. The van der Waals surface area contributed by atoms with Gasteiger partial charge in [0.05, 0.1) is 5.56 Å². The van der Waals surface area contributed by atoms with Crippen LogP contribution in [-0.2, 0) is 0 Å². The maximum atomic E-state index is 12.6. The molecule has 1 saturated carbocycles. The summed E-state index contributed by atoms with van der Waals surface area (Å²) in [6.45, 7) is 4.45. The van der Waals surface area contributed by atoms with Gasteiger partial charge in [0, 0.05) is 63.9 Å². The normalized spacial score (nSPS) is 17.6. The van der Waals surface area contributed by atoms with E-state index in [-0.39, 0.29) is 5.91 Å². The number of piperazine rings is 1. The van der Waals surface area contributed by atoms with Gasteiger partial charge >= 0.3 is 0 Å². The van der Waals surface area contributed by atoms with Crippen molar-refractivity contribution in [2.45, 2.75) is 18.9 Å². The average Bonchev–Trinajstić information content (AvgIpc) is 3.54. The molecule has 0 radical (unpaired) electrons. The zero-order valence-corrected chi connectivity index (χ0v) is 16.1. The number of carbonyl (C=O) groups is 1. The van der Waals surface area contributed by atoms with E-state index in [4.69, 9.17) is 0 Å². The third-order valence-corrected chi connectivity index (χ3v) is 5.32. The van der Waals surface area contributed by atoms with Crippen molar-refractivity contribution in [3.8, 4) is 0 Å². The molecule has 1 N–H and O–H groups in total. The molecule has 2 fully saturated rings. The van der Waals surface area contributed by atoms with Crippen LogP contribution in [0, 0.1) is 0 Å². The second-order valence-electron chi connectivity index (χ2n) is 7.52. The minimum atomic E-state index is -0.141. The van der Waals surface area contributed by atoms with Crippen molar-refractivity contribution in [1.82, 2.24) is 9.88 Å². The van der Waals surface area contributed by atoms with Gasteiger partial charge in [-0.3, -0.25) is 9.69 Å². The Hall–Kier alpha value is -2.60. The highest BCUT2D eigenvalue weighted by atomic mass is 16.1. The Morgan fingerprint density at radius 3 is 2.41 bits per heavy atom. The smallest absolute Gasteiger partial charge is 0.259 e. The van der Waals surface area contributed by atoms with Crippen LogP contribution in [0.4, 0.5) is 17.2 Å². The molecule has 1 aromatic heterocycles. The highest BCUT2D eigenvalue weighted by Crippen LogP contribution is 2.29. The molecule has 6 heteroatoms. The number of carbonyl (C=O) groups excluding carboxylic acids is 1. The Balaban J connectivity index is 1.39. The molecule has 2 aliphatic rings. The van der Waals surface area contributed by atoms with Crippen LogP contribution in [0.1, 0.15) is 23.2 Å². The molecule has 1 saturated heterocycles. The van der Waals surface area contributed by atoms with E-state index in [2.05, 4.69) is 32.2 Å². The van der Waals surface area contributed by atoms with Crippen molar-refractivity contribution in [1.29, 1.82) is 0 Å². The fraction of sp³-hybridized carbons (Fsp3) is 0.429. The number of anilines is 3. The summed E-state index contributed by atoms with van der Waals surface area (Å²) in [6, 6.07) is 12.6. The van der Waals surface area contributed by atoms with Crippen LogP contribution in [0.2, 0.25) is 0 Å². The van der Waals surface area contributed by atoms with Gasteiger partial charge in [-0.25, -0.2) is 4.98 Å². The first-order valence-corrected chi connectivity index (χ1v) is 9.64. The Kier molecular flexibility index (Phi) is 4.99. The maximum Gasteiger partial charge on any atom is 0.259 e. The molecule has 0 bridgehead atoms. The summed E-state index contributed by atoms with van der Waals surface area (Å²) in [5.74, 6) is 0.526. The lowest BCUT2D eigenvalue weighted by molar-refractivity contribution is 0.102. The molecular formula is C21H27N5O. The van der Waals surface area contributed by atoms with Crippen molar-refractivity contribution >= 4 is 23.1 Å². The van der Waals surface area contributed by atoms with Crippen molar-refractivity contribution in [3.05, 3.63) is 48.2 Å². The van der Waals surface area contributed by atoms with E-state index in [9.17, 15) is 4.79 Å². The quantitative estimate of drug-likeness (QED) is 0.883. The van der Waals surface area contributed by atoms with Crippen molar-refractivity contribution < 1.29 is 4.79 Å². The zero-order valence-electron chi connectivity index (χ0n) is 16.1. The summed E-state index contributed by atoms with van der Waals surface area (Å²) in [5, 5.41) is 2.98. The average molecular weight is 365 g/mol. The van der Waals surface area contributed by atoms with E-state index >= 15 is 0 Å². The fourth-order valence-corrected chi connectivity index (χ4v) is 3.67. The molecule has 0 atom stereocenters. The number of hydrogen-bond donors (Lipinski definition) is 1. The van der Waals surface area contributed by atoms with Gasteiger partial charge in [-0.15, -0.1) is 0 Å². The Bertz CT molecular complexity index is 792. The van der Waals surface area contributed by atoms with Crippen molar-refractivity contribution in [2.24, 2.45) is 0 Å². The Morgan fingerprint density at radius 1 is 1.07 bits per heavy atom. The predicted octanol–water partition coefficient (Wildman–Crippen LogP) is 2.68. The van der Waals surface area contributed by atoms with E-state index in [1.165, 1.54) is 18.5 Å². The van der Waals surface area contributed by atoms with Crippen LogP contribution < -0.4 is 15.1 Å². The zero-order chi connectivity index (χ0) is 18.8. The number of rotatable bonds is 5. The monoisotopic (exact) mass is 365 g/mol. The Morgan fingerprint density at radius 2 is 1.78 bits per heavy atom. The van der Waals surface area contributed by atoms with E-state index in [1.807, 2.05) is 31.1 Å². The molecule has 0 unspecified atom stereocenters. The van der Waals surface area contributed by atoms with E-state index in [0.717, 1.165) is 37.9 Å². The van der Waals surface area contributed by atoms with Gasteiger partial charge in [0.2, 0.25) is 0 Å². The van der Waals surface area contributed by atoms with Gasteiger partial charge in [-0.05, 0) is 49.2 Å². The highest BCUT2D eigenvalue weighted by molar-refractivity contribution is 6.07. The molecule has 1 aliphatic heterocycles. The molecule has 4 rings (SSSR count). The van der Waals surface area contributed by atoms with Crippen LogP contribution in [0.3, 0.4) is 0 Å². The fourth-order valence-electron chi connectivity index (χ4n) is 3.67. The van der Waals surface area contributed by atoms with Crippen molar-refractivity contribution in [3.63, 3.8) is 0 Å². The van der Waals surface area contributed by atoms with Gasteiger partial charge in [-0.1, -0.05) is 0 Å². The number of pyridine rings is 1. The topological polar surface area (TPSA) is 51.7 Å². The summed E-state index contributed by atoms with van der Waals surface area (Å²) in [6.07, 6.45) is 4.45. The van der Waals surface area contributed by atoms with Gasteiger partial charge in [0.25, 0.3) is 5.91 Å². The number of benzene rings is 1. The number of aromatic nitrogens is 1. The van der Waals surface area contributed by atoms with Crippen LogP contribution in [0.5, 0.6) is 0 Å². The van der Waals surface area contributed by atoms with Gasteiger partial charge < -0.3 is 15.1 Å². The minimum absolute atomic E-state index is 0.141. The molecule has 0 spiro atoms. The largest absolute Gasteiger partial charge is 0.369 e. The molecular weight excluding hydrogens is 338 g/mol. The molecule has 1 aromatic carbocycles. The van der Waals surface area contributed by atoms with Crippen LogP contribution in [-0.4, -0.2) is 62.1 Å². The molecule has 1 aliphatic carbocycles. The standard InChI is InChI=1S/C21H27N5O/c1-24(2)20-19(4-3-11-22-20)21(27)23-16-5-7-17(8-6-16)25-12-14-26(15-13-25)18-9-10-18/h3-8,11,18H,9-10,12-15H2,1-2H3,(H,23,27). The molecule has 2 aromatic rings. The first kappa shape index (κ1) is 17.8. The maximum absolute atomic E-state index is 12.6. The van der Waals surface area contributed by atoms with Gasteiger partial charge in [-0.2, -0.15) is 0 Å². The van der Waals surface area contributed by atoms with E-state index < -0.39 is 0 Å². The minimum Gasteiger partial charge on any atom is -0.369 e. The molecule has 142 valence electrons. The van der Waals surface area contributed by atoms with Crippen LogP contribution in [0.15, 0.2) is 42.6 Å². The summed E-state index contributed by atoms with van der Waals surface area (Å²) in [4.78, 5) is 23.8. The summed E-state index contributed by atoms with van der Waals surface area (Å²) in [7, 11) is 3.77. The number of hydrogen-bond acceptors (Lipinski definition) is 5. The third-order valence-electron chi connectivity index (χ3n) is 5.32. The second kappa shape index (κ2) is 7.56. The second-order valence-corrected chi connectivity index (χ2v) is 7.52.